The van der Waals surface area contributed by atoms with Crippen molar-refractivity contribution in [2.24, 2.45) is 0 Å². The summed E-state index contributed by atoms with van der Waals surface area (Å²) in [5.41, 5.74) is 2.72. The van der Waals surface area contributed by atoms with Gasteiger partial charge in [0, 0.05) is 23.0 Å². The Morgan fingerprint density at radius 2 is 2.04 bits per heavy atom. The molecular weight excluding hydrogens is 400 g/mol. The molecule has 132 valence electrons. The van der Waals surface area contributed by atoms with E-state index in [2.05, 4.69) is 47.5 Å². The van der Waals surface area contributed by atoms with Crippen molar-refractivity contribution in [2.75, 3.05) is 11.4 Å². The van der Waals surface area contributed by atoms with Crippen LogP contribution in [0, 0.1) is 17.0 Å². The van der Waals surface area contributed by atoms with E-state index in [4.69, 9.17) is 0 Å². The van der Waals surface area contributed by atoms with Crippen molar-refractivity contribution in [3.8, 4) is 5.69 Å². The lowest BCUT2D eigenvalue weighted by molar-refractivity contribution is -0.389. The van der Waals surface area contributed by atoms with Gasteiger partial charge in [0.05, 0.1) is 17.1 Å². The number of anilines is 2. The largest absolute Gasteiger partial charge is 0.363 e. The zero-order chi connectivity index (χ0) is 18.4. The molecular formula is C17H15BrN6O2. The van der Waals surface area contributed by atoms with E-state index in [0.29, 0.717) is 6.54 Å². The van der Waals surface area contributed by atoms with E-state index in [1.807, 2.05) is 25.1 Å². The first-order valence-electron chi connectivity index (χ1n) is 8.05. The molecule has 0 radical (unpaired) electrons. The summed E-state index contributed by atoms with van der Waals surface area (Å²) < 4.78 is 3.00. The molecule has 0 saturated heterocycles. The van der Waals surface area contributed by atoms with Gasteiger partial charge in [0.15, 0.2) is 6.20 Å². The molecule has 0 bridgehead atoms. The predicted octanol–water partition coefficient (Wildman–Crippen LogP) is 3.90. The quantitative estimate of drug-likeness (QED) is 0.466. The fraction of sp³-hybridized carbons (Fsp3) is 0.235. The third-order valence-electron chi connectivity index (χ3n) is 4.45. The molecule has 0 saturated carbocycles. The first-order valence-corrected chi connectivity index (χ1v) is 8.85. The van der Waals surface area contributed by atoms with Crippen LogP contribution >= 0.6 is 15.9 Å². The molecule has 2 aromatic heterocycles. The molecule has 1 atom stereocenters. The second-order valence-electron chi connectivity index (χ2n) is 6.22. The normalized spacial score (nSPS) is 16.0. The number of halogens is 1. The molecule has 9 heteroatoms. The lowest BCUT2D eigenvalue weighted by Crippen LogP contribution is -2.22. The summed E-state index contributed by atoms with van der Waals surface area (Å²) in [6.45, 7) is 4.67. The van der Waals surface area contributed by atoms with E-state index in [1.54, 1.807) is 6.07 Å². The van der Waals surface area contributed by atoms with Crippen LogP contribution in [-0.4, -0.2) is 31.2 Å². The lowest BCUT2D eigenvalue weighted by atomic mass is 10.1. The first kappa shape index (κ1) is 16.6. The van der Waals surface area contributed by atoms with Crippen LogP contribution in [0.1, 0.15) is 24.5 Å². The first-order chi connectivity index (χ1) is 12.5. The summed E-state index contributed by atoms with van der Waals surface area (Å²) in [5, 5.41) is 19.5. The van der Waals surface area contributed by atoms with Gasteiger partial charge >= 0.3 is 5.82 Å². The van der Waals surface area contributed by atoms with Gasteiger partial charge in [0.1, 0.15) is 11.6 Å². The molecule has 26 heavy (non-hydrogen) atoms. The number of nitro groups is 1. The molecule has 8 nitrogen and oxygen atoms in total. The van der Waals surface area contributed by atoms with Crippen LogP contribution in [0.25, 0.3) is 5.69 Å². The number of pyridine rings is 1. The van der Waals surface area contributed by atoms with Gasteiger partial charge in [0.25, 0.3) is 0 Å². The van der Waals surface area contributed by atoms with E-state index < -0.39 is 4.92 Å². The van der Waals surface area contributed by atoms with Gasteiger partial charge in [-0.3, -0.25) is 4.57 Å². The van der Waals surface area contributed by atoms with Gasteiger partial charge in [-0.05, 0) is 41.1 Å². The van der Waals surface area contributed by atoms with Crippen LogP contribution in [0.15, 0.2) is 41.0 Å². The van der Waals surface area contributed by atoms with Gasteiger partial charge in [-0.1, -0.05) is 22.9 Å². The monoisotopic (exact) mass is 414 g/mol. The van der Waals surface area contributed by atoms with E-state index in [1.165, 1.54) is 12.3 Å². The molecule has 0 aliphatic carbocycles. The molecule has 0 fully saturated rings. The van der Waals surface area contributed by atoms with Gasteiger partial charge in [0.2, 0.25) is 0 Å². The minimum atomic E-state index is -0.496. The van der Waals surface area contributed by atoms with E-state index in [0.717, 1.165) is 33.2 Å². The van der Waals surface area contributed by atoms with E-state index in [9.17, 15) is 10.1 Å². The van der Waals surface area contributed by atoms with Crippen LogP contribution in [-0.2, 0) is 0 Å². The Morgan fingerprint density at radius 3 is 2.73 bits per heavy atom. The minimum Gasteiger partial charge on any atom is -0.358 e. The third-order valence-corrected chi connectivity index (χ3v) is 4.94. The highest BCUT2D eigenvalue weighted by atomic mass is 79.9. The average Bonchev–Trinajstić information content (AvgIpc) is 2.95. The molecule has 1 aliphatic rings. The highest BCUT2D eigenvalue weighted by molar-refractivity contribution is 9.10. The predicted molar refractivity (Wildman–Crippen MR) is 100 cm³/mol. The van der Waals surface area contributed by atoms with Gasteiger partial charge in [-0.15, -0.1) is 10.2 Å². The van der Waals surface area contributed by atoms with Crippen molar-refractivity contribution >= 4 is 33.1 Å². The number of nitrogens with zero attached hydrogens (tertiary/aromatic N) is 6. The van der Waals surface area contributed by atoms with Gasteiger partial charge in [-0.25, -0.2) is 0 Å². The second kappa shape index (κ2) is 6.17. The van der Waals surface area contributed by atoms with Crippen molar-refractivity contribution < 1.29 is 4.92 Å². The molecule has 1 aliphatic heterocycles. The number of hydrogen-bond donors (Lipinski definition) is 0. The smallest absolute Gasteiger partial charge is 0.358 e. The maximum atomic E-state index is 10.9. The fourth-order valence-corrected chi connectivity index (χ4v) is 3.59. The Kier molecular flexibility index (Phi) is 3.95. The van der Waals surface area contributed by atoms with Crippen molar-refractivity contribution in [2.45, 2.75) is 19.8 Å². The summed E-state index contributed by atoms with van der Waals surface area (Å²) in [7, 11) is 0. The molecule has 0 amide bonds. The zero-order valence-corrected chi connectivity index (χ0v) is 15.7. The lowest BCUT2D eigenvalue weighted by Gasteiger charge is -2.25. The molecule has 0 N–H and O–H groups in total. The molecule has 0 spiro atoms. The number of rotatable bonds is 2. The summed E-state index contributed by atoms with van der Waals surface area (Å²) >= 11 is 3.54. The van der Waals surface area contributed by atoms with Crippen LogP contribution in [0.5, 0.6) is 0 Å². The fourth-order valence-electron chi connectivity index (χ4n) is 3.24. The summed E-state index contributed by atoms with van der Waals surface area (Å²) in [6.07, 6.45) is 1.54. The standard InChI is InChI=1S/C17H15BrN6O2/c1-10-9-22(13-4-6-16(19-8-13)24(25)26)15-7-12(18)3-5-14(15)23-11(2)20-21-17(10)23/h3-8,10H,9H2,1-2H3/t10-/m1/s1. The molecule has 0 unspecified atom stereocenters. The highest BCUT2D eigenvalue weighted by Gasteiger charge is 2.29. The number of benzene rings is 1. The van der Waals surface area contributed by atoms with E-state index >= 15 is 0 Å². The van der Waals surface area contributed by atoms with Crippen molar-refractivity contribution in [3.05, 3.63) is 62.8 Å². The van der Waals surface area contributed by atoms with Crippen LogP contribution in [0.4, 0.5) is 17.2 Å². The van der Waals surface area contributed by atoms with E-state index in [-0.39, 0.29) is 11.7 Å². The average molecular weight is 415 g/mol. The van der Waals surface area contributed by atoms with Gasteiger partial charge in [-0.2, -0.15) is 0 Å². The summed E-state index contributed by atoms with van der Waals surface area (Å²) in [6, 6.07) is 9.17. The number of hydrogen-bond acceptors (Lipinski definition) is 6. The summed E-state index contributed by atoms with van der Waals surface area (Å²) in [5.74, 6) is 1.65. The SMILES string of the molecule is Cc1nnc2n1-c1ccc(Br)cc1N(c1ccc([N+](=O)[O-])nc1)C[C@H]2C. The summed E-state index contributed by atoms with van der Waals surface area (Å²) in [4.78, 5) is 16.5. The maximum absolute atomic E-state index is 10.9. The number of fused-ring (bicyclic) bond motifs is 3. The number of aryl methyl sites for hydroxylation is 1. The van der Waals surface area contributed by atoms with Crippen LogP contribution < -0.4 is 4.90 Å². The third kappa shape index (κ3) is 2.64. The van der Waals surface area contributed by atoms with Crippen molar-refractivity contribution in [3.63, 3.8) is 0 Å². The zero-order valence-electron chi connectivity index (χ0n) is 14.1. The maximum Gasteiger partial charge on any atom is 0.363 e. The van der Waals surface area contributed by atoms with Crippen molar-refractivity contribution in [1.82, 2.24) is 19.7 Å². The topological polar surface area (TPSA) is 90.0 Å². The second-order valence-corrected chi connectivity index (χ2v) is 7.13. The van der Waals surface area contributed by atoms with Crippen molar-refractivity contribution in [1.29, 1.82) is 0 Å². The van der Waals surface area contributed by atoms with Gasteiger partial charge < -0.3 is 15.0 Å². The van der Waals surface area contributed by atoms with Crippen LogP contribution in [0.2, 0.25) is 0 Å². The Hall–Kier alpha value is -2.81. The molecule has 3 aromatic rings. The molecule has 4 rings (SSSR count). The minimum absolute atomic E-state index is 0.109. The number of aromatic nitrogens is 4. The molecule has 1 aromatic carbocycles. The van der Waals surface area contributed by atoms with Crippen LogP contribution in [0.3, 0.4) is 0 Å². The molecule has 3 heterocycles. The Bertz CT molecular complexity index is 1000. The highest BCUT2D eigenvalue weighted by Crippen LogP contribution is 2.39. The Balaban J connectivity index is 1.90. The Labute approximate surface area is 157 Å². The Morgan fingerprint density at radius 1 is 1.23 bits per heavy atom.